The molecule has 150 valence electrons. The van der Waals surface area contributed by atoms with Gasteiger partial charge in [0.2, 0.25) is 0 Å². The molecule has 0 radical (unpaired) electrons. The van der Waals surface area contributed by atoms with Crippen molar-refractivity contribution in [3.8, 4) is 22.6 Å². The fourth-order valence-electron chi connectivity index (χ4n) is 4.94. The summed E-state index contributed by atoms with van der Waals surface area (Å²) in [5.74, 6) is 2.16. The predicted molar refractivity (Wildman–Crippen MR) is 115 cm³/mol. The van der Waals surface area contributed by atoms with Gasteiger partial charge in [0.15, 0.2) is 5.82 Å². The zero-order valence-electron chi connectivity index (χ0n) is 17.0. The maximum absolute atomic E-state index is 5.57. The number of aromatic nitrogens is 2. The molecule has 4 heteroatoms. The average molecular weight is 388 g/mol. The van der Waals surface area contributed by atoms with Crippen molar-refractivity contribution < 1.29 is 4.52 Å². The molecule has 2 heterocycles. The van der Waals surface area contributed by atoms with E-state index in [9.17, 15) is 0 Å². The summed E-state index contributed by atoms with van der Waals surface area (Å²) in [4.78, 5) is 7.40. The van der Waals surface area contributed by atoms with Crippen LogP contribution in [0.4, 0.5) is 0 Å². The van der Waals surface area contributed by atoms with Crippen LogP contribution in [0.3, 0.4) is 0 Å². The highest BCUT2D eigenvalue weighted by Crippen LogP contribution is 2.29. The summed E-state index contributed by atoms with van der Waals surface area (Å²) in [5.41, 5.74) is 3.40. The first-order chi connectivity index (χ1) is 14.3. The second kappa shape index (κ2) is 8.50. The molecule has 0 bridgehead atoms. The van der Waals surface area contributed by atoms with Crippen molar-refractivity contribution in [1.82, 2.24) is 15.0 Å². The zero-order chi connectivity index (χ0) is 19.5. The van der Waals surface area contributed by atoms with Crippen LogP contribution in [0, 0.1) is 5.92 Å². The van der Waals surface area contributed by atoms with E-state index in [2.05, 4.69) is 63.6 Å². The maximum Gasteiger partial charge on any atom is 0.257 e. The Morgan fingerprint density at radius 2 is 1.45 bits per heavy atom. The van der Waals surface area contributed by atoms with E-state index in [1.165, 1.54) is 62.7 Å². The van der Waals surface area contributed by atoms with Crippen LogP contribution in [0.5, 0.6) is 0 Å². The second-order valence-electron chi connectivity index (χ2n) is 8.58. The summed E-state index contributed by atoms with van der Waals surface area (Å²) >= 11 is 0. The molecule has 4 nitrogen and oxygen atoms in total. The standard InChI is InChI=1S/C25H29N3O/c1-2-6-20(7-3-1)21-10-12-22(13-11-21)25-26-24(27-29-25)18-19-14-16-28(17-15-19)23-8-4-5-9-23/h1-3,6-7,10-13,19,23H,4-5,8-9,14-18H2. The average Bonchev–Trinajstić information content (AvgIpc) is 3.48. The molecular weight excluding hydrogens is 358 g/mol. The SMILES string of the molecule is c1ccc(-c2ccc(-c3nc(CC4CCN(C5CCCC5)CC4)no3)cc2)cc1. The van der Waals surface area contributed by atoms with Crippen LogP contribution in [0.2, 0.25) is 0 Å². The lowest BCUT2D eigenvalue weighted by Crippen LogP contribution is -2.40. The van der Waals surface area contributed by atoms with E-state index < -0.39 is 0 Å². The molecule has 3 aromatic rings. The Hall–Kier alpha value is -2.46. The van der Waals surface area contributed by atoms with Gasteiger partial charge in [0.1, 0.15) is 0 Å². The smallest absolute Gasteiger partial charge is 0.257 e. The van der Waals surface area contributed by atoms with Gasteiger partial charge in [-0.2, -0.15) is 4.98 Å². The van der Waals surface area contributed by atoms with E-state index in [4.69, 9.17) is 4.52 Å². The van der Waals surface area contributed by atoms with E-state index >= 15 is 0 Å². The summed E-state index contributed by atoms with van der Waals surface area (Å²) < 4.78 is 5.57. The van der Waals surface area contributed by atoms with Gasteiger partial charge in [-0.1, -0.05) is 60.5 Å². The number of hydrogen-bond donors (Lipinski definition) is 0. The number of nitrogens with zero attached hydrogens (tertiary/aromatic N) is 3. The molecule has 0 spiro atoms. The summed E-state index contributed by atoms with van der Waals surface area (Å²) in [5, 5.41) is 4.26. The molecular formula is C25H29N3O. The quantitative estimate of drug-likeness (QED) is 0.571. The van der Waals surface area contributed by atoms with E-state index in [1.807, 2.05) is 6.07 Å². The predicted octanol–water partition coefficient (Wildman–Crippen LogP) is 5.60. The molecule has 0 N–H and O–H groups in total. The molecule has 0 amide bonds. The van der Waals surface area contributed by atoms with Crippen molar-refractivity contribution in [1.29, 1.82) is 0 Å². The third kappa shape index (κ3) is 4.27. The molecule has 1 saturated carbocycles. The highest BCUT2D eigenvalue weighted by molar-refractivity contribution is 5.67. The van der Waals surface area contributed by atoms with Crippen molar-refractivity contribution in [2.45, 2.75) is 51.0 Å². The lowest BCUT2D eigenvalue weighted by atomic mass is 9.92. The Bertz CT molecular complexity index is 905. The largest absolute Gasteiger partial charge is 0.334 e. The van der Waals surface area contributed by atoms with Gasteiger partial charge in [0, 0.05) is 18.0 Å². The minimum atomic E-state index is 0.628. The van der Waals surface area contributed by atoms with E-state index in [-0.39, 0.29) is 0 Å². The molecule has 2 aliphatic rings. The molecule has 1 aliphatic carbocycles. The van der Waals surface area contributed by atoms with Gasteiger partial charge in [-0.15, -0.1) is 0 Å². The van der Waals surface area contributed by atoms with Gasteiger partial charge in [0.05, 0.1) is 0 Å². The van der Waals surface area contributed by atoms with Crippen LogP contribution >= 0.6 is 0 Å². The first-order valence-electron chi connectivity index (χ1n) is 11.1. The first kappa shape index (κ1) is 18.6. The summed E-state index contributed by atoms with van der Waals surface area (Å²) in [7, 11) is 0. The molecule has 5 rings (SSSR count). The molecule has 1 aliphatic heterocycles. The molecule has 2 aromatic carbocycles. The Morgan fingerprint density at radius 1 is 0.793 bits per heavy atom. The van der Waals surface area contributed by atoms with E-state index in [0.29, 0.717) is 11.8 Å². The van der Waals surface area contributed by atoms with Crippen LogP contribution in [-0.2, 0) is 6.42 Å². The normalized spacial score (nSPS) is 19.0. The molecule has 0 atom stereocenters. The zero-order valence-corrected chi connectivity index (χ0v) is 17.0. The van der Waals surface area contributed by atoms with Crippen LogP contribution in [0.25, 0.3) is 22.6 Å². The summed E-state index contributed by atoms with van der Waals surface area (Å²) in [6.45, 7) is 2.47. The Labute approximate surface area is 172 Å². The number of benzene rings is 2. The number of piperidine rings is 1. The molecule has 0 unspecified atom stereocenters. The fraction of sp³-hybridized carbons (Fsp3) is 0.440. The number of likely N-dealkylation sites (tertiary alicyclic amines) is 1. The first-order valence-corrected chi connectivity index (χ1v) is 11.1. The lowest BCUT2D eigenvalue weighted by molar-refractivity contribution is 0.133. The molecule has 2 fully saturated rings. The molecule has 1 aromatic heterocycles. The van der Waals surface area contributed by atoms with Gasteiger partial charge < -0.3 is 9.42 Å². The van der Waals surface area contributed by atoms with Crippen molar-refractivity contribution >= 4 is 0 Å². The fourth-order valence-corrected chi connectivity index (χ4v) is 4.94. The summed E-state index contributed by atoms with van der Waals surface area (Å²) in [6.07, 6.45) is 9.09. The van der Waals surface area contributed by atoms with Crippen molar-refractivity contribution in [2.24, 2.45) is 5.92 Å². The Balaban J connectivity index is 1.19. The molecule has 1 saturated heterocycles. The highest BCUT2D eigenvalue weighted by Gasteiger charge is 2.27. The number of hydrogen-bond acceptors (Lipinski definition) is 4. The van der Waals surface area contributed by atoms with Gasteiger partial charge in [-0.3, -0.25) is 0 Å². The third-order valence-electron chi connectivity index (χ3n) is 6.67. The van der Waals surface area contributed by atoms with Crippen molar-refractivity contribution in [2.75, 3.05) is 13.1 Å². The van der Waals surface area contributed by atoms with Gasteiger partial charge >= 0.3 is 0 Å². The van der Waals surface area contributed by atoms with Crippen LogP contribution in [0.15, 0.2) is 59.1 Å². The number of rotatable bonds is 5. The minimum absolute atomic E-state index is 0.628. The summed E-state index contributed by atoms with van der Waals surface area (Å²) in [6, 6.07) is 19.6. The van der Waals surface area contributed by atoms with E-state index in [1.54, 1.807) is 0 Å². The monoisotopic (exact) mass is 387 g/mol. The van der Waals surface area contributed by atoms with Gasteiger partial charge in [0.25, 0.3) is 5.89 Å². The van der Waals surface area contributed by atoms with E-state index in [0.717, 1.165) is 23.9 Å². The topological polar surface area (TPSA) is 42.2 Å². The Morgan fingerprint density at radius 3 is 2.17 bits per heavy atom. The lowest BCUT2D eigenvalue weighted by Gasteiger charge is -2.35. The maximum atomic E-state index is 5.57. The van der Waals surface area contributed by atoms with Crippen molar-refractivity contribution in [3.05, 3.63) is 60.4 Å². The molecule has 29 heavy (non-hydrogen) atoms. The van der Waals surface area contributed by atoms with Crippen LogP contribution < -0.4 is 0 Å². The second-order valence-corrected chi connectivity index (χ2v) is 8.58. The van der Waals surface area contributed by atoms with Gasteiger partial charge in [-0.05, 0) is 68.0 Å². The van der Waals surface area contributed by atoms with Crippen LogP contribution in [0.1, 0.15) is 44.3 Å². The van der Waals surface area contributed by atoms with Gasteiger partial charge in [-0.25, -0.2) is 0 Å². The minimum Gasteiger partial charge on any atom is -0.334 e. The highest BCUT2D eigenvalue weighted by atomic mass is 16.5. The Kier molecular flexibility index (Phi) is 5.44. The third-order valence-corrected chi connectivity index (χ3v) is 6.67. The van der Waals surface area contributed by atoms with Crippen molar-refractivity contribution in [3.63, 3.8) is 0 Å². The van der Waals surface area contributed by atoms with Crippen LogP contribution in [-0.4, -0.2) is 34.2 Å².